The quantitative estimate of drug-likeness (QED) is 0.265. The Hall–Kier alpha value is -4.40. The molecule has 4 aliphatic rings. The van der Waals surface area contributed by atoms with E-state index in [4.69, 9.17) is 24.0 Å². The average Bonchev–Trinajstić information content (AvgIpc) is 3.01. The van der Waals surface area contributed by atoms with Gasteiger partial charge in [0.15, 0.2) is 23.0 Å². The van der Waals surface area contributed by atoms with Crippen LogP contribution < -0.4 is 34.6 Å². The minimum atomic E-state index is -0.109. The van der Waals surface area contributed by atoms with Crippen molar-refractivity contribution in [2.75, 3.05) is 27.3 Å². The summed E-state index contributed by atoms with van der Waals surface area (Å²) in [5, 5.41) is 18.0. The second-order valence-electron chi connectivity index (χ2n) is 11.0. The molecule has 8 rings (SSSR count). The topological polar surface area (TPSA) is 90.4 Å². The first-order chi connectivity index (χ1) is 20.6. The summed E-state index contributed by atoms with van der Waals surface area (Å²) in [4.78, 5) is 12.6. The maximum Gasteiger partial charge on any atom is 0.229 e. The summed E-state index contributed by atoms with van der Waals surface area (Å²) in [7, 11) is 3.24. The first-order valence-corrected chi connectivity index (χ1v) is 14.4. The number of fused-ring (bicyclic) bond motifs is 3. The second-order valence-corrected chi connectivity index (χ2v) is 11.0. The summed E-state index contributed by atoms with van der Waals surface area (Å²) in [5.41, 5.74) is 6.55. The molecular weight excluding hydrogens is 532 g/mol. The zero-order chi connectivity index (χ0) is 28.6. The number of hydrogen-bond donors (Lipinski definition) is 3. The lowest BCUT2D eigenvalue weighted by Crippen LogP contribution is -2.33. The highest BCUT2D eigenvalue weighted by atomic mass is 17.2. The number of rotatable bonds is 2. The van der Waals surface area contributed by atoms with Gasteiger partial charge in [-0.25, -0.2) is 0 Å². The summed E-state index contributed by atoms with van der Waals surface area (Å²) in [5.74, 6) is 3.41. The molecule has 0 amide bonds. The lowest BCUT2D eigenvalue weighted by molar-refractivity contribution is -0.104. The van der Waals surface area contributed by atoms with Crippen LogP contribution in [0.1, 0.15) is 45.5 Å². The molecule has 0 saturated carbocycles. The maximum atomic E-state index is 10.6. The fraction of sp³-hybridized carbons (Fsp3) is 0.294. The molecule has 4 aromatic carbocycles. The van der Waals surface area contributed by atoms with E-state index < -0.39 is 0 Å². The molecule has 4 aromatic rings. The second kappa shape index (κ2) is 11.1. The Bertz CT molecular complexity index is 1620. The molecule has 4 heterocycles. The summed E-state index contributed by atoms with van der Waals surface area (Å²) >= 11 is 0. The van der Waals surface area contributed by atoms with Gasteiger partial charge in [0.1, 0.15) is 5.75 Å². The van der Waals surface area contributed by atoms with Crippen LogP contribution in [0.15, 0.2) is 66.7 Å². The van der Waals surface area contributed by atoms with Crippen molar-refractivity contribution in [1.29, 1.82) is 0 Å². The molecule has 3 N–H and O–H groups in total. The molecule has 0 radical (unpaired) electrons. The number of phenolic OH excluding ortho intramolecular Hbond substituents is 1. The first-order valence-electron chi connectivity index (χ1n) is 14.4. The van der Waals surface area contributed by atoms with Crippen molar-refractivity contribution >= 4 is 0 Å². The largest absolute Gasteiger partial charge is 0.504 e. The average molecular weight is 567 g/mol. The van der Waals surface area contributed by atoms with Gasteiger partial charge in [-0.05, 0) is 97.4 Å². The van der Waals surface area contributed by atoms with Crippen LogP contribution in [0.3, 0.4) is 0 Å². The van der Waals surface area contributed by atoms with E-state index in [2.05, 4.69) is 28.8 Å². The standard InChI is InChI=1S/C34H34N2O6/c1-38-30-19-23-13-15-36-26-17-21-8-11-27(37)29(18-21)40-24-9-6-20(7-10-24)16-25-31-22(12-14-35-25)4-3-5-28(31)41-42-34(32(23)26)33(30)39-2/h3-11,18-19,25-26,35-37H,12-17H2,1-2H3/t25-,26+/m0/s1. The van der Waals surface area contributed by atoms with Crippen LogP contribution in [0, 0.1) is 0 Å². The number of benzene rings is 4. The van der Waals surface area contributed by atoms with Crippen molar-refractivity contribution in [3.63, 3.8) is 0 Å². The zero-order valence-electron chi connectivity index (χ0n) is 23.7. The maximum absolute atomic E-state index is 10.6. The molecule has 0 unspecified atom stereocenters. The van der Waals surface area contributed by atoms with Crippen LogP contribution in [-0.4, -0.2) is 32.4 Å². The Kier molecular flexibility index (Phi) is 7.01. The predicted molar refractivity (Wildman–Crippen MR) is 158 cm³/mol. The predicted octanol–water partition coefficient (Wildman–Crippen LogP) is 5.75. The van der Waals surface area contributed by atoms with Crippen molar-refractivity contribution in [3.8, 4) is 40.2 Å². The smallest absolute Gasteiger partial charge is 0.229 e. The van der Waals surface area contributed by atoms with E-state index in [0.29, 0.717) is 40.9 Å². The van der Waals surface area contributed by atoms with Crippen molar-refractivity contribution in [2.24, 2.45) is 0 Å². The number of phenols is 1. The van der Waals surface area contributed by atoms with Gasteiger partial charge in [0.25, 0.3) is 0 Å². The molecule has 0 spiro atoms. The molecule has 42 heavy (non-hydrogen) atoms. The van der Waals surface area contributed by atoms with Gasteiger partial charge < -0.3 is 30.0 Å². The normalized spacial score (nSPS) is 19.1. The summed E-state index contributed by atoms with van der Waals surface area (Å²) in [6, 6.07) is 21.6. The Balaban J connectivity index is 1.39. The van der Waals surface area contributed by atoms with E-state index in [9.17, 15) is 5.11 Å². The fourth-order valence-electron chi connectivity index (χ4n) is 6.43. The third kappa shape index (κ3) is 4.86. The molecule has 4 aliphatic heterocycles. The third-order valence-electron chi connectivity index (χ3n) is 8.44. The highest BCUT2D eigenvalue weighted by molar-refractivity contribution is 5.61. The SMILES string of the molecule is COc1cc2c3c(c1OC)OOc1cccc4c1[C@H](Cc1ccc(cc1)Oc1cc(ccc1O)C[C@H]3NCC2)NCC4. The van der Waals surface area contributed by atoms with Crippen molar-refractivity contribution < 1.29 is 29.1 Å². The van der Waals surface area contributed by atoms with E-state index in [0.717, 1.165) is 60.2 Å². The summed E-state index contributed by atoms with van der Waals surface area (Å²) in [6.07, 6.45) is 3.09. The van der Waals surface area contributed by atoms with Crippen molar-refractivity contribution in [3.05, 3.63) is 100 Å². The Labute approximate surface area is 245 Å². The minimum absolute atomic E-state index is 0.0375. The number of hydrogen-bond acceptors (Lipinski definition) is 8. The van der Waals surface area contributed by atoms with Gasteiger partial charge >= 0.3 is 0 Å². The van der Waals surface area contributed by atoms with E-state index in [1.807, 2.05) is 42.5 Å². The van der Waals surface area contributed by atoms with Crippen LogP contribution in [0.25, 0.3) is 0 Å². The van der Waals surface area contributed by atoms with Crippen molar-refractivity contribution in [1.82, 2.24) is 10.6 Å². The lowest BCUT2D eigenvalue weighted by atomic mass is 9.88. The summed E-state index contributed by atoms with van der Waals surface area (Å²) in [6.45, 7) is 1.67. The monoisotopic (exact) mass is 566 g/mol. The van der Waals surface area contributed by atoms with Crippen LogP contribution >= 0.6 is 0 Å². The van der Waals surface area contributed by atoms with Crippen LogP contribution in [0.4, 0.5) is 0 Å². The van der Waals surface area contributed by atoms with Crippen LogP contribution in [-0.2, 0) is 25.7 Å². The van der Waals surface area contributed by atoms with Crippen LogP contribution in [0.5, 0.6) is 40.2 Å². The first kappa shape index (κ1) is 26.5. The van der Waals surface area contributed by atoms with Crippen molar-refractivity contribution in [2.45, 2.75) is 37.8 Å². The highest BCUT2D eigenvalue weighted by Gasteiger charge is 2.32. The molecule has 0 fully saturated rings. The number of nitrogens with one attached hydrogen (secondary N) is 2. The van der Waals surface area contributed by atoms with Gasteiger partial charge in [-0.2, -0.15) is 0 Å². The van der Waals surface area contributed by atoms with E-state index in [1.165, 1.54) is 5.56 Å². The molecule has 4 bridgehead atoms. The van der Waals surface area contributed by atoms with Gasteiger partial charge in [-0.15, -0.1) is 0 Å². The van der Waals surface area contributed by atoms with Crippen LogP contribution in [0.2, 0.25) is 0 Å². The summed E-state index contributed by atoms with van der Waals surface area (Å²) < 4.78 is 17.7. The molecule has 0 aromatic heterocycles. The van der Waals surface area contributed by atoms with E-state index >= 15 is 0 Å². The molecule has 216 valence electrons. The minimum Gasteiger partial charge on any atom is -0.504 e. The van der Waals surface area contributed by atoms with E-state index in [-0.39, 0.29) is 17.8 Å². The highest BCUT2D eigenvalue weighted by Crippen LogP contribution is 2.47. The van der Waals surface area contributed by atoms with E-state index in [1.54, 1.807) is 20.3 Å². The zero-order valence-corrected chi connectivity index (χ0v) is 23.7. The van der Waals surface area contributed by atoms with Gasteiger partial charge in [0.05, 0.1) is 14.2 Å². The Morgan fingerprint density at radius 3 is 2.26 bits per heavy atom. The molecule has 0 aliphatic carbocycles. The number of aromatic hydroxyl groups is 1. The molecule has 8 nitrogen and oxygen atoms in total. The van der Waals surface area contributed by atoms with Gasteiger partial charge in [0.2, 0.25) is 11.5 Å². The molecule has 2 atom stereocenters. The number of ether oxygens (including phenoxy) is 3. The molecule has 0 saturated heterocycles. The van der Waals surface area contributed by atoms with Gasteiger partial charge in [-0.1, -0.05) is 30.3 Å². The van der Waals surface area contributed by atoms with Gasteiger partial charge in [0, 0.05) is 23.2 Å². The Morgan fingerprint density at radius 2 is 1.48 bits per heavy atom. The lowest BCUT2D eigenvalue weighted by Gasteiger charge is -2.31. The third-order valence-corrected chi connectivity index (χ3v) is 8.44. The molecular formula is C34H34N2O6. The molecule has 8 heteroatoms. The van der Waals surface area contributed by atoms with Gasteiger partial charge in [-0.3, -0.25) is 9.78 Å². The number of methoxy groups -OCH3 is 2. The fourth-order valence-corrected chi connectivity index (χ4v) is 6.43. The Morgan fingerprint density at radius 1 is 0.738 bits per heavy atom.